The number of halogens is 4. The molecule has 1 aromatic rings. The molecule has 16 heavy (non-hydrogen) atoms. The quantitative estimate of drug-likeness (QED) is 0.740. The van der Waals surface area contributed by atoms with Crippen molar-refractivity contribution >= 4 is 24.0 Å². The van der Waals surface area contributed by atoms with Crippen molar-refractivity contribution < 1.29 is 18.0 Å². The minimum absolute atomic E-state index is 0.00116. The summed E-state index contributed by atoms with van der Waals surface area (Å²) in [5.74, 6) is 0. The van der Waals surface area contributed by atoms with Crippen LogP contribution in [-0.2, 0) is 11.0 Å². The summed E-state index contributed by atoms with van der Waals surface area (Å²) >= 11 is 5.50. The van der Waals surface area contributed by atoms with Gasteiger partial charge in [0.05, 0.1) is 5.56 Å². The van der Waals surface area contributed by atoms with E-state index in [9.17, 15) is 18.0 Å². The van der Waals surface area contributed by atoms with Crippen LogP contribution in [0.25, 0.3) is 6.08 Å². The van der Waals surface area contributed by atoms with Crippen LogP contribution >= 0.6 is 11.6 Å². The molecular formula is C11H8ClF3O. The maximum absolute atomic E-state index is 12.6. The summed E-state index contributed by atoms with van der Waals surface area (Å²) in [7, 11) is 0. The van der Waals surface area contributed by atoms with Crippen LogP contribution in [-0.4, -0.2) is 6.29 Å². The molecule has 5 heteroatoms. The molecule has 0 saturated heterocycles. The van der Waals surface area contributed by atoms with Gasteiger partial charge in [0, 0.05) is 11.4 Å². The van der Waals surface area contributed by atoms with Crippen molar-refractivity contribution in [2.24, 2.45) is 0 Å². The smallest absolute Gasteiger partial charge is 0.303 e. The maximum atomic E-state index is 12.6. The van der Waals surface area contributed by atoms with E-state index in [1.165, 1.54) is 24.3 Å². The van der Waals surface area contributed by atoms with Crippen molar-refractivity contribution in [1.82, 2.24) is 0 Å². The molecule has 0 atom stereocenters. The van der Waals surface area contributed by atoms with Gasteiger partial charge in [0.2, 0.25) is 0 Å². The van der Waals surface area contributed by atoms with Crippen LogP contribution in [0.5, 0.6) is 0 Å². The van der Waals surface area contributed by atoms with Gasteiger partial charge in [-0.3, -0.25) is 0 Å². The van der Waals surface area contributed by atoms with Crippen molar-refractivity contribution in [3.05, 3.63) is 40.4 Å². The molecule has 0 spiro atoms. The summed E-state index contributed by atoms with van der Waals surface area (Å²) in [6, 6.07) is 3.51. The molecule has 1 aromatic carbocycles. The van der Waals surface area contributed by atoms with Gasteiger partial charge in [-0.1, -0.05) is 29.8 Å². The third-order valence-electron chi connectivity index (χ3n) is 1.85. The van der Waals surface area contributed by atoms with Gasteiger partial charge >= 0.3 is 6.18 Å². The van der Waals surface area contributed by atoms with E-state index in [1.54, 1.807) is 0 Å². The normalized spacial score (nSPS) is 12.0. The Labute approximate surface area is 95.5 Å². The largest absolute Gasteiger partial charge is 0.417 e. The molecule has 1 rings (SSSR count). The summed E-state index contributed by atoms with van der Waals surface area (Å²) in [4.78, 5) is 10.0. The Hall–Kier alpha value is -1.29. The highest BCUT2D eigenvalue weighted by atomic mass is 35.5. The Kier molecular flexibility index (Phi) is 4.12. The number of carbonyl (C=O) groups is 1. The van der Waals surface area contributed by atoms with Crippen molar-refractivity contribution in [2.45, 2.75) is 12.6 Å². The average molecular weight is 249 g/mol. The van der Waals surface area contributed by atoms with Crippen LogP contribution < -0.4 is 0 Å². The molecule has 0 heterocycles. The van der Waals surface area contributed by atoms with Gasteiger partial charge in [-0.25, -0.2) is 0 Å². The molecule has 0 saturated carbocycles. The molecule has 0 N–H and O–H groups in total. The fourth-order valence-corrected chi connectivity index (χ4v) is 1.34. The Balaban J connectivity index is 3.13. The highest BCUT2D eigenvalue weighted by molar-refractivity contribution is 6.30. The first-order valence-corrected chi connectivity index (χ1v) is 4.80. The lowest BCUT2D eigenvalue weighted by atomic mass is 10.1. The molecule has 0 fully saturated rings. The van der Waals surface area contributed by atoms with Crippen LogP contribution in [0.1, 0.15) is 17.5 Å². The predicted octanol–water partition coefficient (Wildman–Crippen LogP) is 3.96. The van der Waals surface area contributed by atoms with Gasteiger partial charge < -0.3 is 4.79 Å². The number of benzene rings is 1. The van der Waals surface area contributed by atoms with Crippen LogP contribution in [0.2, 0.25) is 5.02 Å². The molecule has 0 unspecified atom stereocenters. The molecule has 0 radical (unpaired) electrons. The van der Waals surface area contributed by atoms with Gasteiger partial charge in [0.1, 0.15) is 6.29 Å². The summed E-state index contributed by atoms with van der Waals surface area (Å²) in [5.41, 5.74) is -0.805. The van der Waals surface area contributed by atoms with E-state index in [4.69, 9.17) is 11.6 Å². The second-order valence-electron chi connectivity index (χ2n) is 3.03. The van der Waals surface area contributed by atoms with Crippen molar-refractivity contribution in [3.8, 4) is 0 Å². The Morgan fingerprint density at radius 3 is 2.56 bits per heavy atom. The average Bonchev–Trinajstić information content (AvgIpc) is 2.19. The van der Waals surface area contributed by atoms with Crippen LogP contribution in [0.15, 0.2) is 24.3 Å². The highest BCUT2D eigenvalue weighted by Gasteiger charge is 2.32. The zero-order chi connectivity index (χ0) is 12.2. The molecule has 0 aliphatic rings. The Morgan fingerprint density at radius 2 is 2.00 bits per heavy atom. The van der Waals surface area contributed by atoms with Gasteiger partial charge in [-0.05, 0) is 17.7 Å². The third-order valence-corrected chi connectivity index (χ3v) is 2.09. The number of allylic oxidation sites excluding steroid dienone is 1. The predicted molar refractivity (Wildman–Crippen MR) is 56.2 cm³/mol. The van der Waals surface area contributed by atoms with Crippen LogP contribution in [0.4, 0.5) is 13.2 Å². The van der Waals surface area contributed by atoms with E-state index in [2.05, 4.69) is 0 Å². The first-order chi connectivity index (χ1) is 7.45. The molecular weight excluding hydrogens is 241 g/mol. The van der Waals surface area contributed by atoms with E-state index in [0.717, 1.165) is 6.07 Å². The Bertz CT molecular complexity index is 410. The number of hydrogen-bond donors (Lipinski definition) is 0. The van der Waals surface area contributed by atoms with Crippen LogP contribution in [0.3, 0.4) is 0 Å². The zero-order valence-electron chi connectivity index (χ0n) is 8.09. The molecule has 1 nitrogen and oxygen atoms in total. The number of hydrogen-bond acceptors (Lipinski definition) is 1. The standard InChI is InChI=1S/C11H8ClF3O/c12-9-5-4-8(3-1-2-6-16)10(7-9)11(13,14)15/h1,3-7H,2H2. The third kappa shape index (κ3) is 3.38. The molecule has 0 aliphatic heterocycles. The molecule has 0 aliphatic carbocycles. The maximum Gasteiger partial charge on any atom is 0.417 e. The number of rotatable bonds is 3. The molecule has 86 valence electrons. The number of carbonyl (C=O) groups excluding carboxylic acids is 1. The molecule has 0 aromatic heterocycles. The summed E-state index contributed by atoms with van der Waals surface area (Å²) < 4.78 is 37.7. The van der Waals surface area contributed by atoms with Gasteiger partial charge in [-0.2, -0.15) is 13.2 Å². The topological polar surface area (TPSA) is 17.1 Å². The highest BCUT2D eigenvalue weighted by Crippen LogP contribution is 2.34. The summed E-state index contributed by atoms with van der Waals surface area (Å²) in [6.07, 6.45) is -1.13. The second-order valence-corrected chi connectivity index (χ2v) is 3.47. The van der Waals surface area contributed by atoms with E-state index >= 15 is 0 Å². The lowest BCUT2D eigenvalue weighted by Crippen LogP contribution is -2.07. The SMILES string of the molecule is O=CCC=Cc1ccc(Cl)cc1C(F)(F)F. The number of aldehydes is 1. The minimum atomic E-state index is -4.45. The monoisotopic (exact) mass is 248 g/mol. The fraction of sp³-hybridized carbons (Fsp3) is 0.182. The van der Waals surface area contributed by atoms with Gasteiger partial charge in [0.25, 0.3) is 0 Å². The van der Waals surface area contributed by atoms with Crippen molar-refractivity contribution in [1.29, 1.82) is 0 Å². The Morgan fingerprint density at radius 1 is 1.31 bits per heavy atom. The lowest BCUT2D eigenvalue weighted by Gasteiger charge is -2.10. The first-order valence-electron chi connectivity index (χ1n) is 4.42. The van der Waals surface area contributed by atoms with E-state index in [0.29, 0.717) is 6.29 Å². The molecule has 0 bridgehead atoms. The van der Waals surface area contributed by atoms with Crippen molar-refractivity contribution in [3.63, 3.8) is 0 Å². The van der Waals surface area contributed by atoms with E-state index in [-0.39, 0.29) is 17.0 Å². The molecule has 0 amide bonds. The van der Waals surface area contributed by atoms with E-state index < -0.39 is 11.7 Å². The van der Waals surface area contributed by atoms with Crippen molar-refractivity contribution in [2.75, 3.05) is 0 Å². The lowest BCUT2D eigenvalue weighted by molar-refractivity contribution is -0.137. The summed E-state index contributed by atoms with van der Waals surface area (Å²) in [6.45, 7) is 0. The minimum Gasteiger partial charge on any atom is -0.303 e. The first kappa shape index (κ1) is 12.8. The fourth-order valence-electron chi connectivity index (χ4n) is 1.17. The summed E-state index contributed by atoms with van der Waals surface area (Å²) in [5, 5.41) is 0.0277. The van der Waals surface area contributed by atoms with Gasteiger partial charge in [-0.15, -0.1) is 0 Å². The number of alkyl halides is 3. The van der Waals surface area contributed by atoms with E-state index in [1.807, 2.05) is 0 Å². The van der Waals surface area contributed by atoms with Crippen LogP contribution in [0, 0.1) is 0 Å². The van der Waals surface area contributed by atoms with Gasteiger partial charge in [0.15, 0.2) is 0 Å². The second kappa shape index (κ2) is 5.16. The zero-order valence-corrected chi connectivity index (χ0v) is 8.85.